The lowest BCUT2D eigenvalue weighted by Gasteiger charge is -2.11. The third-order valence-electron chi connectivity index (χ3n) is 4.33. The molecule has 0 spiro atoms. The third kappa shape index (κ3) is 5.30. The van der Waals surface area contributed by atoms with Gasteiger partial charge in [-0.3, -0.25) is 14.9 Å². The Morgan fingerprint density at radius 3 is 2.21 bits per heavy atom. The van der Waals surface area contributed by atoms with Crippen LogP contribution in [0.2, 0.25) is 0 Å². The van der Waals surface area contributed by atoms with Gasteiger partial charge in [0, 0.05) is 17.7 Å². The SMILES string of the molecule is N=C(c1ccccc1)c1cccc(S(=O)(=O)Nc2ccc(CCC(=O)O)cc2)c1. The molecule has 0 amide bonds. The monoisotopic (exact) mass is 408 g/mol. The van der Waals surface area contributed by atoms with E-state index < -0.39 is 16.0 Å². The van der Waals surface area contributed by atoms with Crippen LogP contribution in [0.1, 0.15) is 23.1 Å². The van der Waals surface area contributed by atoms with Crippen LogP contribution in [0.25, 0.3) is 0 Å². The van der Waals surface area contributed by atoms with Crippen LogP contribution in [0.5, 0.6) is 0 Å². The Morgan fingerprint density at radius 2 is 1.55 bits per heavy atom. The van der Waals surface area contributed by atoms with Crippen LogP contribution < -0.4 is 4.72 Å². The second-order valence-corrected chi connectivity index (χ2v) is 8.15. The number of carbonyl (C=O) groups is 1. The number of carboxylic acid groups (broad SMARTS) is 1. The molecule has 7 heteroatoms. The van der Waals surface area contributed by atoms with Gasteiger partial charge < -0.3 is 5.11 Å². The molecule has 3 aromatic carbocycles. The van der Waals surface area contributed by atoms with Crippen molar-refractivity contribution in [3.05, 3.63) is 95.6 Å². The Labute approximate surface area is 169 Å². The number of carboxylic acids is 1. The largest absolute Gasteiger partial charge is 0.481 e. The summed E-state index contributed by atoms with van der Waals surface area (Å²) in [7, 11) is -3.83. The minimum absolute atomic E-state index is 0.0191. The van der Waals surface area contributed by atoms with Gasteiger partial charge in [0.15, 0.2) is 0 Å². The van der Waals surface area contributed by atoms with Crippen molar-refractivity contribution in [2.45, 2.75) is 17.7 Å². The summed E-state index contributed by atoms with van der Waals surface area (Å²) in [5.41, 5.74) is 2.64. The topological polar surface area (TPSA) is 107 Å². The van der Waals surface area contributed by atoms with Gasteiger partial charge in [-0.2, -0.15) is 0 Å². The van der Waals surface area contributed by atoms with E-state index in [4.69, 9.17) is 10.5 Å². The summed E-state index contributed by atoms with van der Waals surface area (Å²) in [4.78, 5) is 10.7. The van der Waals surface area contributed by atoms with E-state index >= 15 is 0 Å². The number of benzene rings is 3. The van der Waals surface area contributed by atoms with Crippen LogP contribution >= 0.6 is 0 Å². The Bertz CT molecular complexity index is 1120. The Balaban J connectivity index is 1.77. The maximum absolute atomic E-state index is 12.8. The molecule has 0 saturated heterocycles. The average Bonchev–Trinajstić information content (AvgIpc) is 2.73. The molecule has 0 atom stereocenters. The lowest BCUT2D eigenvalue weighted by atomic mass is 10.0. The molecule has 0 aliphatic rings. The fourth-order valence-electron chi connectivity index (χ4n) is 2.80. The summed E-state index contributed by atoms with van der Waals surface area (Å²) >= 11 is 0. The van der Waals surface area contributed by atoms with Gasteiger partial charge >= 0.3 is 5.97 Å². The minimum atomic E-state index is -3.83. The minimum Gasteiger partial charge on any atom is -0.481 e. The number of nitrogens with one attached hydrogen (secondary N) is 2. The molecule has 6 nitrogen and oxygen atoms in total. The summed E-state index contributed by atoms with van der Waals surface area (Å²) in [6, 6.07) is 22.0. The highest BCUT2D eigenvalue weighted by molar-refractivity contribution is 7.92. The second-order valence-electron chi connectivity index (χ2n) is 6.47. The van der Waals surface area contributed by atoms with E-state index in [9.17, 15) is 13.2 Å². The van der Waals surface area contributed by atoms with Crippen LogP contribution in [0.3, 0.4) is 0 Å². The first-order valence-corrected chi connectivity index (χ1v) is 10.4. The van der Waals surface area contributed by atoms with Gasteiger partial charge in [0.25, 0.3) is 10.0 Å². The molecule has 0 bridgehead atoms. The molecule has 29 heavy (non-hydrogen) atoms. The molecule has 0 heterocycles. The molecular formula is C22H20N2O4S. The van der Waals surface area contributed by atoms with E-state index in [1.54, 1.807) is 48.5 Å². The number of rotatable bonds is 8. The molecule has 0 aliphatic carbocycles. The van der Waals surface area contributed by atoms with Gasteiger partial charge in [-0.15, -0.1) is 0 Å². The van der Waals surface area contributed by atoms with Gasteiger partial charge in [0.05, 0.1) is 10.6 Å². The first-order chi connectivity index (χ1) is 13.8. The van der Waals surface area contributed by atoms with Crippen LogP contribution in [-0.2, 0) is 21.2 Å². The molecule has 3 rings (SSSR count). The molecule has 0 radical (unpaired) electrons. The standard InChI is InChI=1S/C22H20N2O4S/c23-22(17-5-2-1-3-6-17)18-7-4-8-20(15-18)29(27,28)24-19-12-9-16(10-13-19)11-14-21(25)26/h1-10,12-13,15,23-24H,11,14H2,(H,25,26). The van der Waals surface area contributed by atoms with E-state index in [1.165, 1.54) is 12.1 Å². The van der Waals surface area contributed by atoms with E-state index in [2.05, 4.69) is 4.72 Å². The molecule has 0 fully saturated rings. The molecule has 148 valence electrons. The summed E-state index contributed by atoms with van der Waals surface area (Å²) < 4.78 is 28.0. The molecular weight excluding hydrogens is 388 g/mol. The zero-order chi connectivity index (χ0) is 20.9. The van der Waals surface area contributed by atoms with Crippen molar-refractivity contribution in [3.8, 4) is 0 Å². The lowest BCUT2D eigenvalue weighted by Crippen LogP contribution is -2.14. The summed E-state index contributed by atoms with van der Waals surface area (Å²) in [5, 5.41) is 17.1. The van der Waals surface area contributed by atoms with Crippen molar-refractivity contribution >= 4 is 27.4 Å². The van der Waals surface area contributed by atoms with E-state index in [0.29, 0.717) is 23.2 Å². The van der Waals surface area contributed by atoms with Gasteiger partial charge in [0.2, 0.25) is 0 Å². The summed E-state index contributed by atoms with van der Waals surface area (Å²) in [5.74, 6) is -0.879. The van der Waals surface area contributed by atoms with Crippen LogP contribution in [0.15, 0.2) is 83.8 Å². The van der Waals surface area contributed by atoms with E-state index in [0.717, 1.165) is 5.56 Å². The average molecular weight is 408 g/mol. The zero-order valence-electron chi connectivity index (χ0n) is 15.5. The lowest BCUT2D eigenvalue weighted by molar-refractivity contribution is -0.136. The van der Waals surface area contributed by atoms with Crippen molar-refractivity contribution in [1.82, 2.24) is 0 Å². The number of anilines is 1. The molecule has 0 unspecified atom stereocenters. The predicted molar refractivity (Wildman–Crippen MR) is 112 cm³/mol. The summed E-state index contributed by atoms with van der Waals surface area (Å²) in [6.07, 6.45) is 0.400. The van der Waals surface area contributed by atoms with Gasteiger partial charge in [-0.1, -0.05) is 54.6 Å². The van der Waals surface area contributed by atoms with Crippen LogP contribution in [-0.4, -0.2) is 25.2 Å². The van der Waals surface area contributed by atoms with E-state index in [1.807, 2.05) is 18.2 Å². The Morgan fingerprint density at radius 1 is 0.897 bits per heavy atom. The van der Waals surface area contributed by atoms with Crippen molar-refractivity contribution in [2.75, 3.05) is 4.72 Å². The normalized spacial score (nSPS) is 11.0. The fourth-order valence-corrected chi connectivity index (χ4v) is 3.90. The quantitative estimate of drug-likeness (QED) is 0.491. The predicted octanol–water partition coefficient (Wildman–Crippen LogP) is 3.92. The first kappa shape index (κ1) is 20.3. The highest BCUT2D eigenvalue weighted by Gasteiger charge is 2.16. The number of sulfonamides is 1. The number of hydrogen-bond donors (Lipinski definition) is 3. The molecule has 3 aromatic rings. The molecule has 3 N–H and O–H groups in total. The third-order valence-corrected chi connectivity index (χ3v) is 5.71. The molecule has 0 aromatic heterocycles. The molecule has 0 saturated carbocycles. The maximum atomic E-state index is 12.8. The highest BCUT2D eigenvalue weighted by atomic mass is 32.2. The Hall–Kier alpha value is -3.45. The van der Waals surface area contributed by atoms with E-state index in [-0.39, 0.29) is 17.0 Å². The Kier molecular flexibility index (Phi) is 6.09. The number of hydrogen-bond acceptors (Lipinski definition) is 4. The van der Waals surface area contributed by atoms with Gasteiger partial charge in [-0.25, -0.2) is 8.42 Å². The highest BCUT2D eigenvalue weighted by Crippen LogP contribution is 2.19. The van der Waals surface area contributed by atoms with Crippen molar-refractivity contribution < 1.29 is 18.3 Å². The van der Waals surface area contributed by atoms with Crippen molar-refractivity contribution in [3.63, 3.8) is 0 Å². The fraction of sp³-hybridized carbons (Fsp3) is 0.0909. The van der Waals surface area contributed by atoms with Crippen LogP contribution in [0.4, 0.5) is 5.69 Å². The number of aliphatic carboxylic acids is 1. The smallest absolute Gasteiger partial charge is 0.303 e. The first-order valence-electron chi connectivity index (χ1n) is 8.93. The maximum Gasteiger partial charge on any atom is 0.303 e. The second kappa shape index (κ2) is 8.70. The number of aryl methyl sites for hydroxylation is 1. The van der Waals surface area contributed by atoms with Gasteiger partial charge in [0.1, 0.15) is 0 Å². The zero-order valence-corrected chi connectivity index (χ0v) is 16.3. The summed E-state index contributed by atoms with van der Waals surface area (Å²) in [6.45, 7) is 0. The molecule has 0 aliphatic heterocycles. The van der Waals surface area contributed by atoms with Gasteiger partial charge in [-0.05, 0) is 41.8 Å². The van der Waals surface area contributed by atoms with Crippen molar-refractivity contribution in [1.29, 1.82) is 5.41 Å². The van der Waals surface area contributed by atoms with Crippen LogP contribution in [0, 0.1) is 5.41 Å². The van der Waals surface area contributed by atoms with Crippen molar-refractivity contribution in [2.24, 2.45) is 0 Å².